The van der Waals surface area contributed by atoms with E-state index in [9.17, 15) is 0 Å². The number of nitrogens with one attached hydrogen (secondary N) is 1. The largest absolute Gasteiger partial charge is 0.458 e. The lowest BCUT2D eigenvalue weighted by atomic mass is 10.0. The third kappa shape index (κ3) is 2.28. The molecule has 0 spiro atoms. The van der Waals surface area contributed by atoms with Crippen molar-refractivity contribution in [2.75, 3.05) is 13.2 Å². The Balaban J connectivity index is 1.85. The van der Waals surface area contributed by atoms with Gasteiger partial charge in [0.25, 0.3) is 0 Å². The fraction of sp³-hybridized carbons (Fsp3) is 0.467. The molecule has 2 heterocycles. The Labute approximate surface area is 107 Å². The van der Waals surface area contributed by atoms with Crippen molar-refractivity contribution >= 4 is 11.0 Å². The van der Waals surface area contributed by atoms with E-state index in [1.165, 1.54) is 0 Å². The van der Waals surface area contributed by atoms with Gasteiger partial charge in [0.15, 0.2) is 0 Å². The van der Waals surface area contributed by atoms with Gasteiger partial charge in [-0.2, -0.15) is 0 Å². The highest BCUT2D eigenvalue weighted by Gasteiger charge is 2.26. The topological polar surface area (TPSA) is 34.4 Å². The molecule has 1 aromatic heterocycles. The second-order valence-corrected chi connectivity index (χ2v) is 5.56. The lowest BCUT2D eigenvalue weighted by molar-refractivity contribution is 0.0515. The molecular weight excluding hydrogens is 226 g/mol. The SMILES string of the molecule is CC1(C)CCOC(c2cc3ccccc3o2)CN1. The molecule has 0 aliphatic carbocycles. The van der Waals surface area contributed by atoms with Crippen LogP contribution in [0, 0.1) is 0 Å². The average Bonchev–Trinajstić information content (AvgIpc) is 2.68. The maximum Gasteiger partial charge on any atom is 0.135 e. The molecule has 3 heteroatoms. The molecule has 0 radical (unpaired) electrons. The number of fused-ring (bicyclic) bond motifs is 1. The van der Waals surface area contributed by atoms with Gasteiger partial charge >= 0.3 is 0 Å². The van der Waals surface area contributed by atoms with Crippen molar-refractivity contribution in [3.8, 4) is 0 Å². The molecule has 1 saturated heterocycles. The van der Waals surface area contributed by atoms with Gasteiger partial charge in [-0.3, -0.25) is 0 Å². The highest BCUT2D eigenvalue weighted by molar-refractivity contribution is 5.77. The van der Waals surface area contributed by atoms with E-state index in [4.69, 9.17) is 9.15 Å². The zero-order valence-corrected chi connectivity index (χ0v) is 10.9. The smallest absolute Gasteiger partial charge is 0.135 e. The predicted molar refractivity (Wildman–Crippen MR) is 71.6 cm³/mol. The zero-order chi connectivity index (χ0) is 12.6. The van der Waals surface area contributed by atoms with Crippen molar-refractivity contribution in [2.45, 2.75) is 31.9 Å². The van der Waals surface area contributed by atoms with Gasteiger partial charge in [0, 0.05) is 24.1 Å². The summed E-state index contributed by atoms with van der Waals surface area (Å²) in [6.07, 6.45) is 1.03. The van der Waals surface area contributed by atoms with Gasteiger partial charge in [-0.25, -0.2) is 0 Å². The highest BCUT2D eigenvalue weighted by atomic mass is 16.5. The maximum atomic E-state index is 5.90. The third-order valence-electron chi connectivity index (χ3n) is 3.57. The molecule has 3 nitrogen and oxygen atoms in total. The molecule has 18 heavy (non-hydrogen) atoms. The van der Waals surface area contributed by atoms with Gasteiger partial charge in [0.1, 0.15) is 17.4 Å². The van der Waals surface area contributed by atoms with E-state index in [1.807, 2.05) is 18.2 Å². The lowest BCUT2D eigenvalue weighted by Gasteiger charge is -2.22. The zero-order valence-electron chi connectivity index (χ0n) is 10.9. The van der Waals surface area contributed by atoms with Crippen LogP contribution in [0.3, 0.4) is 0 Å². The van der Waals surface area contributed by atoms with Crippen LogP contribution in [-0.4, -0.2) is 18.7 Å². The van der Waals surface area contributed by atoms with Crippen LogP contribution in [-0.2, 0) is 4.74 Å². The Hall–Kier alpha value is -1.32. The molecule has 1 fully saturated rings. The second kappa shape index (κ2) is 4.41. The van der Waals surface area contributed by atoms with E-state index in [2.05, 4.69) is 31.3 Å². The van der Waals surface area contributed by atoms with E-state index in [0.717, 1.165) is 36.3 Å². The van der Waals surface area contributed by atoms with Crippen molar-refractivity contribution in [3.05, 3.63) is 36.1 Å². The number of rotatable bonds is 1. The van der Waals surface area contributed by atoms with Crippen LogP contribution >= 0.6 is 0 Å². The summed E-state index contributed by atoms with van der Waals surface area (Å²) in [5.74, 6) is 0.918. The van der Waals surface area contributed by atoms with Gasteiger partial charge in [0.05, 0.1) is 0 Å². The van der Waals surface area contributed by atoms with E-state index >= 15 is 0 Å². The molecule has 2 aromatic rings. The van der Waals surface area contributed by atoms with E-state index in [-0.39, 0.29) is 11.6 Å². The number of hydrogen-bond donors (Lipinski definition) is 1. The van der Waals surface area contributed by atoms with Crippen LogP contribution < -0.4 is 5.32 Å². The molecular formula is C15H19NO2. The molecule has 1 aliphatic heterocycles. The molecule has 3 rings (SSSR count). The number of benzene rings is 1. The number of hydrogen-bond acceptors (Lipinski definition) is 3. The summed E-state index contributed by atoms with van der Waals surface area (Å²) in [6, 6.07) is 10.2. The van der Waals surface area contributed by atoms with Crippen LogP contribution in [0.2, 0.25) is 0 Å². The first-order valence-corrected chi connectivity index (χ1v) is 6.49. The minimum atomic E-state index is 0.0131. The van der Waals surface area contributed by atoms with Crippen molar-refractivity contribution in [1.29, 1.82) is 0 Å². The second-order valence-electron chi connectivity index (χ2n) is 5.56. The molecule has 0 saturated carbocycles. The number of furan rings is 1. The Morgan fingerprint density at radius 3 is 2.94 bits per heavy atom. The molecule has 1 unspecified atom stereocenters. The minimum Gasteiger partial charge on any atom is -0.458 e. The Morgan fingerprint density at radius 1 is 1.28 bits per heavy atom. The first-order valence-electron chi connectivity index (χ1n) is 6.49. The highest BCUT2D eigenvalue weighted by Crippen LogP contribution is 2.28. The number of ether oxygens (including phenoxy) is 1. The molecule has 96 valence electrons. The van der Waals surface area contributed by atoms with Crippen LogP contribution in [0.25, 0.3) is 11.0 Å². The summed E-state index contributed by atoms with van der Waals surface area (Å²) in [5.41, 5.74) is 1.07. The summed E-state index contributed by atoms with van der Waals surface area (Å²) in [7, 11) is 0. The summed E-state index contributed by atoms with van der Waals surface area (Å²) >= 11 is 0. The average molecular weight is 245 g/mol. The predicted octanol–water partition coefficient (Wildman–Crippen LogP) is 3.26. The van der Waals surface area contributed by atoms with E-state index in [1.54, 1.807) is 0 Å². The van der Waals surface area contributed by atoms with Crippen LogP contribution in [0.4, 0.5) is 0 Å². The fourth-order valence-electron chi connectivity index (χ4n) is 2.32. The van der Waals surface area contributed by atoms with Crippen molar-refractivity contribution < 1.29 is 9.15 Å². The monoisotopic (exact) mass is 245 g/mol. The Kier molecular flexibility index (Phi) is 2.88. The molecule has 1 atom stereocenters. The van der Waals surface area contributed by atoms with E-state index in [0.29, 0.717) is 0 Å². The van der Waals surface area contributed by atoms with Gasteiger partial charge < -0.3 is 14.5 Å². The van der Waals surface area contributed by atoms with E-state index < -0.39 is 0 Å². The van der Waals surface area contributed by atoms with Gasteiger partial charge in [-0.15, -0.1) is 0 Å². The standard InChI is InChI=1S/C15H19NO2/c1-15(2)7-8-17-14(10-16-15)13-9-11-5-3-4-6-12(11)18-13/h3-6,9,14,16H,7-8,10H2,1-2H3. The molecule has 1 N–H and O–H groups in total. The summed E-state index contributed by atoms with van der Waals surface area (Å²) in [5, 5.41) is 4.67. The van der Waals surface area contributed by atoms with Crippen LogP contribution in [0.15, 0.2) is 34.7 Å². The Bertz CT molecular complexity index is 511. The molecule has 0 bridgehead atoms. The van der Waals surface area contributed by atoms with Gasteiger partial charge in [0.2, 0.25) is 0 Å². The van der Waals surface area contributed by atoms with Gasteiger partial charge in [-0.05, 0) is 32.4 Å². The summed E-state index contributed by atoms with van der Waals surface area (Å²) in [6.45, 7) is 5.98. The molecule has 1 aliphatic rings. The first kappa shape index (κ1) is 11.8. The van der Waals surface area contributed by atoms with Crippen LogP contribution in [0.1, 0.15) is 32.1 Å². The minimum absolute atomic E-state index is 0.0131. The maximum absolute atomic E-state index is 5.90. The van der Waals surface area contributed by atoms with Crippen LogP contribution in [0.5, 0.6) is 0 Å². The van der Waals surface area contributed by atoms with Crippen molar-refractivity contribution in [1.82, 2.24) is 5.32 Å². The lowest BCUT2D eigenvalue weighted by Crippen LogP contribution is -2.39. The molecule has 1 aromatic carbocycles. The quantitative estimate of drug-likeness (QED) is 0.837. The van der Waals surface area contributed by atoms with Gasteiger partial charge in [-0.1, -0.05) is 18.2 Å². The Morgan fingerprint density at radius 2 is 2.11 bits per heavy atom. The first-order chi connectivity index (χ1) is 8.64. The summed E-state index contributed by atoms with van der Waals surface area (Å²) in [4.78, 5) is 0. The third-order valence-corrected chi connectivity index (χ3v) is 3.57. The summed E-state index contributed by atoms with van der Waals surface area (Å²) < 4.78 is 11.8. The normalized spacial score (nSPS) is 24.0. The number of para-hydroxylation sites is 1. The van der Waals surface area contributed by atoms with Crippen molar-refractivity contribution in [3.63, 3.8) is 0 Å². The fourth-order valence-corrected chi connectivity index (χ4v) is 2.32. The van der Waals surface area contributed by atoms with Crippen molar-refractivity contribution in [2.24, 2.45) is 0 Å². The molecule has 0 amide bonds.